The lowest BCUT2D eigenvalue weighted by Gasteiger charge is -2.23. The minimum Gasteiger partial charge on any atom is -0.448 e. The number of aromatic nitrogens is 2. The summed E-state index contributed by atoms with van der Waals surface area (Å²) >= 11 is 0. The molecule has 7 heteroatoms. The van der Waals surface area contributed by atoms with Crippen LogP contribution in [0.3, 0.4) is 0 Å². The topological polar surface area (TPSA) is 94.3 Å². The molecule has 1 unspecified atom stereocenters. The number of hydrogen-bond acceptors (Lipinski definition) is 6. The average molecular weight is 273 g/mol. The summed E-state index contributed by atoms with van der Waals surface area (Å²) in [6.45, 7) is 1.65. The second kappa shape index (κ2) is 4.76. The molecule has 1 N–H and O–H groups in total. The maximum absolute atomic E-state index is 12.1. The fourth-order valence-corrected chi connectivity index (χ4v) is 2.02. The van der Waals surface area contributed by atoms with Crippen molar-refractivity contribution in [1.82, 2.24) is 10.3 Å². The van der Waals surface area contributed by atoms with E-state index in [1.807, 2.05) is 6.07 Å². The highest BCUT2D eigenvalue weighted by Gasteiger charge is 2.31. The Morgan fingerprint density at radius 1 is 1.35 bits per heavy atom. The lowest BCUT2D eigenvalue weighted by molar-refractivity contribution is -0.125. The molecule has 20 heavy (non-hydrogen) atoms. The molecule has 0 fully saturated rings. The van der Waals surface area contributed by atoms with Crippen LogP contribution in [-0.2, 0) is 16.0 Å². The Morgan fingerprint density at radius 2 is 2.15 bits per heavy atom. The molecule has 1 aliphatic heterocycles. The first-order chi connectivity index (χ1) is 9.65. The van der Waals surface area contributed by atoms with E-state index in [9.17, 15) is 9.59 Å². The minimum atomic E-state index is -0.881. The number of carbonyl (C=O) groups excluding carboxylic acids is 2. The van der Waals surface area contributed by atoms with Gasteiger partial charge in [-0.2, -0.15) is 0 Å². The van der Waals surface area contributed by atoms with Crippen molar-refractivity contribution >= 4 is 17.7 Å². The molecule has 1 amide bonds. The molecule has 1 aromatic carbocycles. The first-order valence-electron chi connectivity index (χ1n) is 6.04. The first kappa shape index (κ1) is 12.3. The molecule has 2 aromatic rings. The molecule has 0 saturated heterocycles. The molecular weight excluding hydrogens is 262 g/mol. The number of fused-ring (bicyclic) bond motifs is 1. The number of esters is 1. The van der Waals surface area contributed by atoms with E-state index >= 15 is 0 Å². The molecule has 3 rings (SSSR count). The van der Waals surface area contributed by atoms with E-state index in [1.165, 1.54) is 0 Å². The van der Waals surface area contributed by atoms with Crippen LogP contribution < -0.4 is 5.32 Å². The lowest BCUT2D eigenvalue weighted by atomic mass is 9.98. The van der Waals surface area contributed by atoms with Crippen LogP contribution in [0.15, 0.2) is 28.9 Å². The molecule has 0 bridgehead atoms. The van der Waals surface area contributed by atoms with E-state index in [4.69, 9.17) is 4.74 Å². The van der Waals surface area contributed by atoms with Crippen molar-refractivity contribution in [3.8, 4) is 0 Å². The van der Waals surface area contributed by atoms with Gasteiger partial charge < -0.3 is 10.1 Å². The van der Waals surface area contributed by atoms with Gasteiger partial charge in [0.1, 0.15) is 5.69 Å². The Kier molecular flexibility index (Phi) is 2.94. The summed E-state index contributed by atoms with van der Waals surface area (Å²) in [5.41, 5.74) is 1.75. The van der Waals surface area contributed by atoms with Gasteiger partial charge in [0.05, 0.1) is 5.56 Å². The fourth-order valence-electron chi connectivity index (χ4n) is 2.02. The number of aryl methyl sites for hydroxylation is 1. The molecule has 1 aromatic heterocycles. The third-order valence-electron chi connectivity index (χ3n) is 3.08. The molecule has 0 saturated carbocycles. The Labute approximate surface area is 113 Å². The summed E-state index contributed by atoms with van der Waals surface area (Å²) in [7, 11) is 0. The molecule has 7 nitrogen and oxygen atoms in total. The van der Waals surface area contributed by atoms with E-state index in [1.54, 1.807) is 25.1 Å². The Balaban J connectivity index is 1.78. The SMILES string of the molecule is Cc1nonc1NC(=O)C1Cc2ccccc2C(=O)O1. The van der Waals surface area contributed by atoms with Gasteiger partial charge in [0.15, 0.2) is 11.9 Å². The summed E-state index contributed by atoms with van der Waals surface area (Å²) < 4.78 is 9.62. The quantitative estimate of drug-likeness (QED) is 0.823. The van der Waals surface area contributed by atoms with Gasteiger partial charge in [0.25, 0.3) is 5.91 Å². The van der Waals surface area contributed by atoms with E-state index in [0.717, 1.165) is 5.56 Å². The van der Waals surface area contributed by atoms with E-state index < -0.39 is 18.0 Å². The van der Waals surface area contributed by atoms with Gasteiger partial charge in [-0.3, -0.25) is 4.79 Å². The summed E-state index contributed by atoms with van der Waals surface area (Å²) in [6, 6.07) is 7.06. The van der Waals surface area contributed by atoms with Crippen LogP contribution in [0.5, 0.6) is 0 Å². The van der Waals surface area contributed by atoms with Gasteiger partial charge in [0, 0.05) is 6.42 Å². The maximum atomic E-state index is 12.1. The predicted molar refractivity (Wildman–Crippen MR) is 67.0 cm³/mol. The normalized spacial score (nSPS) is 17.2. The first-order valence-corrected chi connectivity index (χ1v) is 6.04. The van der Waals surface area contributed by atoms with E-state index in [-0.39, 0.29) is 5.82 Å². The van der Waals surface area contributed by atoms with Crippen LogP contribution >= 0.6 is 0 Å². The number of rotatable bonds is 2. The molecular formula is C13H11N3O4. The molecule has 0 spiro atoms. The number of carbonyl (C=O) groups is 2. The fraction of sp³-hybridized carbons (Fsp3) is 0.231. The number of nitrogens with zero attached hydrogens (tertiary/aromatic N) is 2. The van der Waals surface area contributed by atoms with Crippen LogP contribution in [0.25, 0.3) is 0 Å². The standard InChI is InChI=1S/C13H11N3O4/c1-7-11(16-20-15-7)14-12(17)10-6-8-4-2-3-5-9(8)13(18)19-10/h2-5,10H,6H2,1H3,(H,14,16,17). The zero-order chi connectivity index (χ0) is 14.1. The monoisotopic (exact) mass is 273 g/mol. The van der Waals surface area contributed by atoms with Crippen molar-refractivity contribution in [2.45, 2.75) is 19.4 Å². The van der Waals surface area contributed by atoms with Crippen LogP contribution in [-0.4, -0.2) is 28.3 Å². The smallest absolute Gasteiger partial charge is 0.339 e. The number of nitrogens with one attached hydrogen (secondary N) is 1. The molecule has 1 aliphatic rings. The second-order valence-corrected chi connectivity index (χ2v) is 4.44. The molecule has 102 valence electrons. The van der Waals surface area contributed by atoms with Crippen LogP contribution in [0, 0.1) is 6.92 Å². The molecule has 0 aliphatic carbocycles. The third-order valence-corrected chi connectivity index (χ3v) is 3.08. The van der Waals surface area contributed by atoms with Gasteiger partial charge in [-0.1, -0.05) is 23.4 Å². The van der Waals surface area contributed by atoms with E-state index in [2.05, 4.69) is 20.3 Å². The molecule has 1 atom stereocenters. The Bertz CT molecular complexity index is 680. The third kappa shape index (κ3) is 2.13. The molecule has 2 heterocycles. The highest BCUT2D eigenvalue weighted by Crippen LogP contribution is 2.21. The summed E-state index contributed by atoms with van der Waals surface area (Å²) in [6.07, 6.45) is -0.550. The number of hydrogen-bond donors (Lipinski definition) is 1. The highest BCUT2D eigenvalue weighted by molar-refractivity contribution is 5.99. The van der Waals surface area contributed by atoms with Gasteiger partial charge >= 0.3 is 5.97 Å². The van der Waals surface area contributed by atoms with Crippen molar-refractivity contribution in [3.63, 3.8) is 0 Å². The van der Waals surface area contributed by atoms with Gasteiger partial charge in [-0.05, 0) is 23.7 Å². The average Bonchev–Trinajstić information content (AvgIpc) is 2.84. The van der Waals surface area contributed by atoms with Crippen LogP contribution in [0.2, 0.25) is 0 Å². The van der Waals surface area contributed by atoms with Gasteiger partial charge in [-0.25, -0.2) is 9.42 Å². The van der Waals surface area contributed by atoms with Crippen molar-refractivity contribution < 1.29 is 19.0 Å². The van der Waals surface area contributed by atoms with Crippen molar-refractivity contribution in [3.05, 3.63) is 41.1 Å². The number of amides is 1. The summed E-state index contributed by atoms with van der Waals surface area (Å²) in [5.74, 6) is -0.724. The maximum Gasteiger partial charge on any atom is 0.339 e. The lowest BCUT2D eigenvalue weighted by Crippen LogP contribution is -2.38. The minimum absolute atomic E-state index is 0.227. The number of ether oxygens (including phenoxy) is 1. The Hall–Kier alpha value is -2.70. The van der Waals surface area contributed by atoms with Crippen molar-refractivity contribution in [2.75, 3.05) is 5.32 Å². The second-order valence-electron chi connectivity index (χ2n) is 4.44. The predicted octanol–water partition coefficient (Wildman–Crippen LogP) is 1.10. The van der Waals surface area contributed by atoms with Crippen molar-refractivity contribution in [1.29, 1.82) is 0 Å². The van der Waals surface area contributed by atoms with Crippen LogP contribution in [0.4, 0.5) is 5.82 Å². The zero-order valence-corrected chi connectivity index (χ0v) is 10.6. The largest absolute Gasteiger partial charge is 0.448 e. The molecule has 0 radical (unpaired) electrons. The number of anilines is 1. The highest BCUT2D eigenvalue weighted by atomic mass is 16.6. The summed E-state index contributed by atoms with van der Waals surface area (Å²) in [5, 5.41) is 9.64. The summed E-state index contributed by atoms with van der Waals surface area (Å²) in [4.78, 5) is 23.9. The van der Waals surface area contributed by atoms with Gasteiger partial charge in [0.2, 0.25) is 0 Å². The zero-order valence-electron chi connectivity index (χ0n) is 10.6. The number of cyclic esters (lactones) is 1. The van der Waals surface area contributed by atoms with Crippen molar-refractivity contribution in [2.24, 2.45) is 0 Å². The Morgan fingerprint density at radius 3 is 2.90 bits per heavy atom. The number of benzene rings is 1. The van der Waals surface area contributed by atoms with Crippen LogP contribution in [0.1, 0.15) is 21.6 Å². The van der Waals surface area contributed by atoms with E-state index in [0.29, 0.717) is 17.7 Å². The van der Waals surface area contributed by atoms with Gasteiger partial charge in [-0.15, -0.1) is 0 Å².